The van der Waals surface area contributed by atoms with Gasteiger partial charge < -0.3 is 9.80 Å². The lowest BCUT2D eigenvalue weighted by Crippen LogP contribution is -2.31. The molecular weight excluding hydrogens is 318 g/mol. The van der Waals surface area contributed by atoms with Crippen molar-refractivity contribution >= 4 is 21.8 Å². The monoisotopic (exact) mass is 337 g/mol. The van der Waals surface area contributed by atoms with Crippen LogP contribution in [0.1, 0.15) is 18.4 Å². The normalized spacial score (nSPS) is 10.3. The summed E-state index contributed by atoms with van der Waals surface area (Å²) in [7, 11) is 3.75. The predicted molar refractivity (Wildman–Crippen MR) is 83.0 cm³/mol. The number of carbonyl (C=O) groups is 1. The van der Waals surface area contributed by atoms with Gasteiger partial charge in [0.15, 0.2) is 0 Å². The van der Waals surface area contributed by atoms with Crippen LogP contribution in [0.3, 0.4) is 0 Å². The third-order valence-electron chi connectivity index (χ3n) is 3.09. The van der Waals surface area contributed by atoms with Gasteiger partial charge in [-0.3, -0.25) is 4.79 Å². The molecule has 1 rings (SSSR count). The summed E-state index contributed by atoms with van der Waals surface area (Å²) in [6.07, 6.45) is 0.859. The number of nitrogens with zero attached hydrogens (tertiary/aromatic N) is 3. The number of hydrogen-bond donors (Lipinski definition) is 0. The zero-order valence-electron chi connectivity index (χ0n) is 12.0. The first-order chi connectivity index (χ1) is 9.54. The molecule has 1 aromatic rings. The molecule has 0 atom stereocenters. The maximum absolute atomic E-state index is 11.9. The average molecular weight is 338 g/mol. The molecule has 4 nitrogen and oxygen atoms in total. The van der Waals surface area contributed by atoms with E-state index < -0.39 is 0 Å². The van der Waals surface area contributed by atoms with Crippen LogP contribution in [-0.2, 0) is 11.3 Å². The van der Waals surface area contributed by atoms with Crippen LogP contribution in [0.5, 0.6) is 0 Å². The summed E-state index contributed by atoms with van der Waals surface area (Å²) in [5.41, 5.74) is 1.21. The molecule has 0 fully saturated rings. The Morgan fingerprint density at radius 1 is 1.30 bits per heavy atom. The summed E-state index contributed by atoms with van der Waals surface area (Å²) in [5.74, 6) is 0.0826. The molecule has 1 aromatic carbocycles. The Labute approximate surface area is 129 Å². The van der Waals surface area contributed by atoms with Crippen molar-refractivity contribution < 1.29 is 4.79 Å². The second-order valence-electron chi connectivity index (χ2n) is 4.80. The van der Waals surface area contributed by atoms with E-state index in [0.717, 1.165) is 11.0 Å². The molecule has 0 heterocycles. The number of nitriles is 1. The van der Waals surface area contributed by atoms with E-state index >= 15 is 0 Å². The maximum atomic E-state index is 11.9. The molecule has 0 bridgehead atoms. The topological polar surface area (TPSA) is 47.3 Å². The Hall–Kier alpha value is -1.38. The van der Waals surface area contributed by atoms with Crippen LogP contribution in [0.15, 0.2) is 28.7 Å². The number of carbonyl (C=O) groups excluding carboxylic acids is 1. The second kappa shape index (κ2) is 8.72. The summed E-state index contributed by atoms with van der Waals surface area (Å²) < 4.78 is 1.09. The van der Waals surface area contributed by atoms with Gasteiger partial charge in [-0.2, -0.15) is 5.26 Å². The van der Waals surface area contributed by atoms with Crippen molar-refractivity contribution in [2.45, 2.75) is 19.4 Å². The molecule has 5 heteroatoms. The molecule has 1 amide bonds. The third kappa shape index (κ3) is 5.72. The van der Waals surface area contributed by atoms with Gasteiger partial charge >= 0.3 is 0 Å². The van der Waals surface area contributed by atoms with E-state index in [2.05, 4.69) is 26.9 Å². The zero-order chi connectivity index (χ0) is 15.0. The van der Waals surface area contributed by atoms with Gasteiger partial charge in [0, 0.05) is 37.6 Å². The molecule has 0 saturated carbocycles. The van der Waals surface area contributed by atoms with Gasteiger partial charge in [0.1, 0.15) is 0 Å². The summed E-state index contributed by atoms with van der Waals surface area (Å²) in [6, 6.07) is 10.1. The first-order valence-corrected chi connectivity index (χ1v) is 7.36. The fourth-order valence-electron chi connectivity index (χ4n) is 1.82. The second-order valence-corrected chi connectivity index (χ2v) is 5.66. The van der Waals surface area contributed by atoms with Crippen LogP contribution in [0.4, 0.5) is 0 Å². The van der Waals surface area contributed by atoms with Gasteiger partial charge in [0.25, 0.3) is 0 Å². The van der Waals surface area contributed by atoms with E-state index in [9.17, 15) is 4.79 Å². The third-order valence-corrected chi connectivity index (χ3v) is 3.86. The minimum Gasteiger partial charge on any atom is -0.345 e. The summed E-state index contributed by atoms with van der Waals surface area (Å²) in [4.78, 5) is 15.6. The summed E-state index contributed by atoms with van der Waals surface area (Å²) in [5, 5.41) is 8.50. The highest BCUT2D eigenvalue weighted by Gasteiger charge is 2.10. The fourth-order valence-corrected chi connectivity index (χ4v) is 2.23. The molecule has 108 valence electrons. The standard InChI is InChI=1S/C15H20BrN3O/c1-18(12-13-6-3-4-7-14(13)16)11-8-15(20)19(2)10-5-9-17/h3-4,6-7H,5,8,10-12H2,1-2H3. The lowest BCUT2D eigenvalue weighted by Gasteiger charge is -2.20. The van der Waals surface area contributed by atoms with Crippen LogP contribution in [0.25, 0.3) is 0 Å². The van der Waals surface area contributed by atoms with Crippen molar-refractivity contribution in [2.75, 3.05) is 27.2 Å². The van der Waals surface area contributed by atoms with Crippen LogP contribution < -0.4 is 0 Å². The first kappa shape index (κ1) is 16.7. The average Bonchev–Trinajstić information content (AvgIpc) is 2.44. The number of halogens is 1. The highest BCUT2D eigenvalue weighted by Crippen LogP contribution is 2.17. The van der Waals surface area contributed by atoms with Gasteiger partial charge in [-0.15, -0.1) is 0 Å². The zero-order valence-corrected chi connectivity index (χ0v) is 13.6. The van der Waals surface area contributed by atoms with E-state index in [1.54, 1.807) is 11.9 Å². The van der Waals surface area contributed by atoms with Gasteiger partial charge in [-0.1, -0.05) is 34.1 Å². The van der Waals surface area contributed by atoms with E-state index in [-0.39, 0.29) is 5.91 Å². The van der Waals surface area contributed by atoms with E-state index in [4.69, 9.17) is 5.26 Å². The van der Waals surface area contributed by atoms with Crippen LogP contribution >= 0.6 is 15.9 Å². The Bertz CT molecular complexity index is 484. The van der Waals surface area contributed by atoms with Crippen molar-refractivity contribution in [3.05, 3.63) is 34.3 Å². The lowest BCUT2D eigenvalue weighted by atomic mass is 10.2. The molecule has 0 aliphatic rings. The molecule has 0 aliphatic heterocycles. The minimum atomic E-state index is 0.0826. The maximum Gasteiger partial charge on any atom is 0.223 e. The van der Waals surface area contributed by atoms with Crippen molar-refractivity contribution in [3.8, 4) is 6.07 Å². The SMILES string of the molecule is CN(CCC(=O)N(C)CCC#N)Cc1ccccc1Br. The molecule has 0 aliphatic carbocycles. The van der Waals surface area contributed by atoms with Gasteiger partial charge in [0.05, 0.1) is 12.5 Å². The van der Waals surface area contributed by atoms with E-state index in [1.165, 1.54) is 5.56 Å². The van der Waals surface area contributed by atoms with Crippen LogP contribution in [0, 0.1) is 11.3 Å². The largest absolute Gasteiger partial charge is 0.345 e. The molecule has 0 unspecified atom stereocenters. The van der Waals surface area contributed by atoms with Crippen molar-refractivity contribution in [3.63, 3.8) is 0 Å². The van der Waals surface area contributed by atoms with Gasteiger partial charge in [-0.25, -0.2) is 0 Å². The molecule has 0 aromatic heterocycles. The first-order valence-electron chi connectivity index (χ1n) is 6.57. The fraction of sp³-hybridized carbons (Fsp3) is 0.467. The summed E-state index contributed by atoms with van der Waals surface area (Å²) in [6.45, 7) is 2.01. The quantitative estimate of drug-likeness (QED) is 0.768. The summed E-state index contributed by atoms with van der Waals surface area (Å²) >= 11 is 3.52. The number of amides is 1. The Kier molecular flexibility index (Phi) is 7.27. The molecule has 0 spiro atoms. The Morgan fingerprint density at radius 3 is 2.65 bits per heavy atom. The highest BCUT2D eigenvalue weighted by atomic mass is 79.9. The molecule has 20 heavy (non-hydrogen) atoms. The number of benzene rings is 1. The molecule has 0 N–H and O–H groups in total. The smallest absolute Gasteiger partial charge is 0.223 e. The molecule has 0 radical (unpaired) electrons. The number of rotatable bonds is 7. The molecule has 0 saturated heterocycles. The van der Waals surface area contributed by atoms with E-state index in [0.29, 0.717) is 25.9 Å². The van der Waals surface area contributed by atoms with Gasteiger partial charge in [0.2, 0.25) is 5.91 Å². The lowest BCUT2D eigenvalue weighted by molar-refractivity contribution is -0.130. The Balaban J connectivity index is 2.36. The highest BCUT2D eigenvalue weighted by molar-refractivity contribution is 9.10. The van der Waals surface area contributed by atoms with Crippen LogP contribution in [-0.4, -0.2) is 42.9 Å². The Morgan fingerprint density at radius 2 is 2.00 bits per heavy atom. The van der Waals surface area contributed by atoms with Crippen molar-refractivity contribution in [2.24, 2.45) is 0 Å². The van der Waals surface area contributed by atoms with Crippen molar-refractivity contribution in [1.29, 1.82) is 5.26 Å². The van der Waals surface area contributed by atoms with Crippen LogP contribution in [0.2, 0.25) is 0 Å². The number of hydrogen-bond acceptors (Lipinski definition) is 3. The molecular formula is C15H20BrN3O. The predicted octanol–water partition coefficient (Wildman–Crippen LogP) is 2.64. The van der Waals surface area contributed by atoms with Gasteiger partial charge in [-0.05, 0) is 18.7 Å². The minimum absolute atomic E-state index is 0.0826. The van der Waals surface area contributed by atoms with Crippen molar-refractivity contribution in [1.82, 2.24) is 9.80 Å². The van der Waals surface area contributed by atoms with E-state index in [1.807, 2.05) is 31.3 Å².